The van der Waals surface area contributed by atoms with Gasteiger partial charge in [-0.2, -0.15) is 0 Å². The molecule has 14 heavy (non-hydrogen) atoms. The second-order valence-corrected chi connectivity index (χ2v) is 4.09. The fraction of sp³-hybridized carbons (Fsp3) is 0.222. The zero-order valence-corrected chi connectivity index (χ0v) is 8.04. The van der Waals surface area contributed by atoms with Gasteiger partial charge < -0.3 is 15.5 Å². The van der Waals surface area contributed by atoms with Gasteiger partial charge in [0.05, 0.1) is 0 Å². The van der Waals surface area contributed by atoms with E-state index in [1.807, 2.05) is 0 Å². The van der Waals surface area contributed by atoms with Gasteiger partial charge in [-0.1, -0.05) is 0 Å². The first-order valence-corrected chi connectivity index (χ1v) is 5.10. The van der Waals surface area contributed by atoms with Gasteiger partial charge in [0.15, 0.2) is 0 Å². The third-order valence-corrected chi connectivity index (χ3v) is 3.15. The minimum Gasteiger partial charge on any atom is -0.508 e. The highest BCUT2D eigenvalue weighted by atomic mass is 32.2. The molecular weight excluding hydrogens is 202 g/mol. The molecule has 3 N–H and O–H groups in total. The van der Waals surface area contributed by atoms with Crippen molar-refractivity contribution in [1.29, 1.82) is 0 Å². The van der Waals surface area contributed by atoms with Gasteiger partial charge in [0, 0.05) is 16.3 Å². The first-order chi connectivity index (χ1) is 6.66. The molecule has 0 amide bonds. The van der Waals surface area contributed by atoms with Crippen molar-refractivity contribution in [2.75, 3.05) is 11.1 Å². The van der Waals surface area contributed by atoms with Crippen LogP contribution in [0.15, 0.2) is 23.1 Å². The van der Waals surface area contributed by atoms with Gasteiger partial charge in [-0.25, -0.2) is 4.79 Å². The fourth-order valence-electron chi connectivity index (χ4n) is 1.29. The number of rotatable bonds is 1. The summed E-state index contributed by atoms with van der Waals surface area (Å²) in [6.45, 7) is 0. The summed E-state index contributed by atoms with van der Waals surface area (Å²) >= 11 is 1.44. The van der Waals surface area contributed by atoms with Crippen LogP contribution in [0.5, 0.6) is 5.75 Å². The van der Waals surface area contributed by atoms with Gasteiger partial charge in [-0.15, -0.1) is 11.8 Å². The summed E-state index contributed by atoms with van der Waals surface area (Å²) < 4.78 is 0. The number of benzene rings is 1. The number of phenolic OH excluding ortho intramolecular Hbond substituents is 1. The van der Waals surface area contributed by atoms with Gasteiger partial charge in [0.2, 0.25) is 0 Å². The molecule has 1 aliphatic heterocycles. The molecule has 1 heterocycles. The maximum atomic E-state index is 10.7. The SMILES string of the molecule is O=C(O)[C@@H]1CSc2cc(O)ccc2N1. The molecule has 4 nitrogen and oxygen atoms in total. The first-order valence-electron chi connectivity index (χ1n) is 4.12. The van der Waals surface area contributed by atoms with Crippen LogP contribution in [0, 0.1) is 0 Å². The molecular formula is C9H9NO3S. The van der Waals surface area contributed by atoms with Crippen molar-refractivity contribution in [3.8, 4) is 5.75 Å². The average Bonchev–Trinajstić information content (AvgIpc) is 2.16. The molecule has 0 aromatic heterocycles. The van der Waals surface area contributed by atoms with Crippen molar-refractivity contribution in [3.05, 3.63) is 18.2 Å². The number of carboxylic acids is 1. The summed E-state index contributed by atoms with van der Waals surface area (Å²) in [6, 6.07) is 4.31. The monoisotopic (exact) mass is 211 g/mol. The number of phenols is 1. The van der Waals surface area contributed by atoms with E-state index in [0.29, 0.717) is 5.75 Å². The third-order valence-electron chi connectivity index (χ3n) is 2.00. The zero-order valence-electron chi connectivity index (χ0n) is 7.23. The summed E-state index contributed by atoms with van der Waals surface area (Å²) in [5.41, 5.74) is 0.770. The van der Waals surface area contributed by atoms with Crippen LogP contribution in [-0.4, -0.2) is 28.0 Å². The van der Waals surface area contributed by atoms with Crippen molar-refractivity contribution in [1.82, 2.24) is 0 Å². The highest BCUT2D eigenvalue weighted by Gasteiger charge is 2.23. The Kier molecular flexibility index (Phi) is 2.25. The van der Waals surface area contributed by atoms with Gasteiger partial charge in [-0.3, -0.25) is 0 Å². The number of carbonyl (C=O) groups is 1. The molecule has 0 spiro atoms. The van der Waals surface area contributed by atoms with E-state index in [1.54, 1.807) is 12.1 Å². The lowest BCUT2D eigenvalue weighted by Crippen LogP contribution is -2.33. The first kappa shape index (κ1) is 9.21. The predicted octanol–water partition coefficient (Wildman–Crippen LogP) is 1.36. The maximum absolute atomic E-state index is 10.7. The van der Waals surface area contributed by atoms with Crippen LogP contribution in [0.3, 0.4) is 0 Å². The molecule has 0 saturated heterocycles. The van der Waals surface area contributed by atoms with Crippen molar-refractivity contribution >= 4 is 23.4 Å². The Labute approximate surface area is 84.9 Å². The van der Waals surface area contributed by atoms with Crippen LogP contribution in [0.25, 0.3) is 0 Å². The molecule has 5 heteroatoms. The fourth-order valence-corrected chi connectivity index (χ4v) is 2.34. The maximum Gasteiger partial charge on any atom is 0.326 e. The van der Waals surface area contributed by atoms with Crippen LogP contribution in [-0.2, 0) is 4.79 Å². The lowest BCUT2D eigenvalue weighted by molar-refractivity contribution is -0.137. The minimum absolute atomic E-state index is 0.201. The molecule has 74 valence electrons. The van der Waals surface area contributed by atoms with Crippen LogP contribution >= 0.6 is 11.8 Å². The zero-order chi connectivity index (χ0) is 10.1. The van der Waals surface area contributed by atoms with E-state index in [1.165, 1.54) is 17.8 Å². The van der Waals surface area contributed by atoms with Gasteiger partial charge in [0.1, 0.15) is 11.8 Å². The van der Waals surface area contributed by atoms with E-state index < -0.39 is 12.0 Å². The molecule has 0 unspecified atom stereocenters. The Morgan fingerprint density at radius 3 is 3.07 bits per heavy atom. The molecule has 2 rings (SSSR count). The number of thioether (sulfide) groups is 1. The van der Waals surface area contributed by atoms with Crippen LogP contribution in [0.2, 0.25) is 0 Å². The predicted molar refractivity (Wildman–Crippen MR) is 53.9 cm³/mol. The van der Waals surface area contributed by atoms with Gasteiger partial charge in [-0.05, 0) is 18.2 Å². The Morgan fingerprint density at radius 2 is 2.36 bits per heavy atom. The van der Waals surface area contributed by atoms with E-state index in [4.69, 9.17) is 5.11 Å². The van der Waals surface area contributed by atoms with E-state index in [-0.39, 0.29) is 5.75 Å². The number of aliphatic carboxylic acids is 1. The molecule has 0 saturated carbocycles. The highest BCUT2D eigenvalue weighted by molar-refractivity contribution is 7.99. The highest BCUT2D eigenvalue weighted by Crippen LogP contribution is 2.35. The normalized spacial score (nSPS) is 19.6. The number of hydrogen-bond donors (Lipinski definition) is 3. The van der Waals surface area contributed by atoms with Crippen molar-refractivity contribution in [3.63, 3.8) is 0 Å². The number of fused-ring (bicyclic) bond motifs is 1. The largest absolute Gasteiger partial charge is 0.508 e. The molecule has 0 bridgehead atoms. The number of anilines is 1. The van der Waals surface area contributed by atoms with E-state index in [9.17, 15) is 9.90 Å². The molecule has 0 aliphatic carbocycles. The second kappa shape index (κ2) is 3.42. The molecule has 1 aliphatic rings. The standard InChI is InChI=1S/C9H9NO3S/c11-5-1-2-6-8(3-5)14-4-7(10-6)9(12)13/h1-3,7,10-11H,4H2,(H,12,13)/t7-/m0/s1. The summed E-state index contributed by atoms with van der Waals surface area (Å²) in [7, 11) is 0. The van der Waals surface area contributed by atoms with E-state index >= 15 is 0 Å². The summed E-state index contributed by atoms with van der Waals surface area (Å²) in [4.78, 5) is 11.6. The second-order valence-electron chi connectivity index (χ2n) is 3.03. The molecule has 0 fully saturated rings. The summed E-state index contributed by atoms with van der Waals surface area (Å²) in [6.07, 6.45) is 0. The van der Waals surface area contributed by atoms with Crippen molar-refractivity contribution in [2.45, 2.75) is 10.9 Å². The Balaban J connectivity index is 2.27. The number of nitrogens with one attached hydrogen (secondary N) is 1. The Bertz CT molecular complexity index is 380. The molecule has 1 aromatic carbocycles. The smallest absolute Gasteiger partial charge is 0.326 e. The van der Waals surface area contributed by atoms with Gasteiger partial charge >= 0.3 is 5.97 Å². The Hall–Kier alpha value is -1.36. The van der Waals surface area contributed by atoms with Crippen LogP contribution < -0.4 is 5.32 Å². The van der Waals surface area contributed by atoms with Gasteiger partial charge in [0.25, 0.3) is 0 Å². The van der Waals surface area contributed by atoms with Crippen LogP contribution in [0.4, 0.5) is 5.69 Å². The summed E-state index contributed by atoms with van der Waals surface area (Å²) in [5, 5.41) is 20.9. The number of aromatic hydroxyl groups is 1. The van der Waals surface area contributed by atoms with Crippen molar-refractivity contribution in [2.24, 2.45) is 0 Å². The molecule has 1 atom stereocenters. The van der Waals surface area contributed by atoms with Crippen LogP contribution in [0.1, 0.15) is 0 Å². The van der Waals surface area contributed by atoms with E-state index in [0.717, 1.165) is 10.6 Å². The quantitative estimate of drug-likeness (QED) is 0.612. The minimum atomic E-state index is -0.851. The molecule has 1 aromatic rings. The number of hydrogen-bond acceptors (Lipinski definition) is 4. The lowest BCUT2D eigenvalue weighted by atomic mass is 10.2. The topological polar surface area (TPSA) is 69.6 Å². The lowest BCUT2D eigenvalue weighted by Gasteiger charge is -2.23. The third kappa shape index (κ3) is 1.63. The summed E-state index contributed by atoms with van der Waals surface area (Å²) in [5.74, 6) is -0.172. The van der Waals surface area contributed by atoms with Crippen molar-refractivity contribution < 1.29 is 15.0 Å². The average molecular weight is 211 g/mol. The van der Waals surface area contributed by atoms with E-state index in [2.05, 4.69) is 5.32 Å². The molecule has 0 radical (unpaired) electrons. The number of carboxylic acid groups (broad SMARTS) is 1. The Morgan fingerprint density at radius 1 is 1.57 bits per heavy atom.